The summed E-state index contributed by atoms with van der Waals surface area (Å²) in [6.07, 6.45) is 1.04. The second kappa shape index (κ2) is 6.55. The first kappa shape index (κ1) is 17.2. The number of carbonyl (C=O) groups excluding carboxylic acids is 1. The molecule has 0 bridgehead atoms. The van der Waals surface area contributed by atoms with E-state index in [1.807, 2.05) is 37.3 Å². The largest absolute Gasteiger partial charge is 0.469 e. The molecule has 3 nitrogen and oxygen atoms in total. The van der Waals surface area contributed by atoms with Gasteiger partial charge >= 0.3 is 5.97 Å². The van der Waals surface area contributed by atoms with E-state index in [-0.39, 0.29) is 23.0 Å². The minimum absolute atomic E-state index is 0.189. The monoisotopic (exact) mass is 320 g/mol. The summed E-state index contributed by atoms with van der Waals surface area (Å²) in [5, 5.41) is 0.189. The number of hydrogen-bond donors (Lipinski definition) is 0. The lowest BCUT2D eigenvalue weighted by Crippen LogP contribution is -2.54. The Kier molecular flexibility index (Phi) is 5.13. The van der Waals surface area contributed by atoms with Crippen LogP contribution in [0, 0.1) is 5.92 Å². The average Bonchev–Trinajstić information content (AvgIpc) is 2.44. The molecule has 0 aromatic heterocycles. The Hall–Kier alpha value is -1.13. The summed E-state index contributed by atoms with van der Waals surface area (Å²) in [7, 11) is -0.374. The van der Waals surface area contributed by atoms with Gasteiger partial charge in [-0.3, -0.25) is 4.79 Å². The van der Waals surface area contributed by atoms with Crippen molar-refractivity contribution in [2.45, 2.75) is 57.3 Å². The maximum absolute atomic E-state index is 12.1. The SMILES string of the molecule is COC(=O)C(C)C(O[Si]1(C(C)(C)C)CCC1)c1ccccc1. The highest BCUT2D eigenvalue weighted by Crippen LogP contribution is 2.53. The van der Waals surface area contributed by atoms with Crippen LogP contribution in [0.5, 0.6) is 0 Å². The molecule has 0 amide bonds. The molecule has 1 aromatic carbocycles. The van der Waals surface area contributed by atoms with Crippen molar-refractivity contribution in [3.05, 3.63) is 35.9 Å². The molecular weight excluding hydrogens is 292 g/mol. The molecule has 1 saturated heterocycles. The Bertz CT molecular complexity index is 503. The minimum Gasteiger partial charge on any atom is -0.469 e. The van der Waals surface area contributed by atoms with Crippen LogP contribution in [-0.2, 0) is 14.0 Å². The Balaban J connectivity index is 2.31. The molecular formula is C18H28O3Si. The van der Waals surface area contributed by atoms with Crippen molar-refractivity contribution in [3.8, 4) is 0 Å². The first-order valence-electron chi connectivity index (χ1n) is 8.11. The van der Waals surface area contributed by atoms with Crippen LogP contribution >= 0.6 is 0 Å². The van der Waals surface area contributed by atoms with E-state index in [0.29, 0.717) is 0 Å². The van der Waals surface area contributed by atoms with Gasteiger partial charge in [-0.1, -0.05) is 57.5 Å². The molecule has 0 saturated carbocycles. The lowest BCUT2D eigenvalue weighted by molar-refractivity contribution is -0.148. The highest BCUT2D eigenvalue weighted by Gasteiger charge is 2.53. The molecule has 0 aliphatic carbocycles. The maximum Gasteiger partial charge on any atom is 0.311 e. The molecule has 4 heteroatoms. The summed E-state index contributed by atoms with van der Waals surface area (Å²) in [5.74, 6) is -0.494. The summed E-state index contributed by atoms with van der Waals surface area (Å²) in [6, 6.07) is 12.5. The number of ether oxygens (including phenoxy) is 1. The minimum atomic E-state index is -1.82. The van der Waals surface area contributed by atoms with E-state index in [0.717, 1.165) is 5.56 Å². The summed E-state index contributed by atoms with van der Waals surface area (Å²) < 4.78 is 11.7. The third-order valence-electron chi connectivity index (χ3n) is 5.04. The number of benzene rings is 1. The average molecular weight is 321 g/mol. The number of carbonyl (C=O) groups is 1. The smallest absolute Gasteiger partial charge is 0.311 e. The third-order valence-corrected chi connectivity index (χ3v) is 10.8. The van der Waals surface area contributed by atoms with E-state index in [1.165, 1.54) is 25.6 Å². The number of esters is 1. The molecule has 1 aromatic rings. The summed E-state index contributed by atoms with van der Waals surface area (Å²) in [6.45, 7) is 8.75. The maximum atomic E-state index is 12.1. The van der Waals surface area contributed by atoms with Crippen molar-refractivity contribution in [2.75, 3.05) is 7.11 Å². The van der Waals surface area contributed by atoms with Crippen molar-refractivity contribution < 1.29 is 14.0 Å². The predicted octanol–water partition coefficient (Wildman–Crippen LogP) is 4.70. The van der Waals surface area contributed by atoms with E-state index in [9.17, 15) is 4.79 Å². The van der Waals surface area contributed by atoms with E-state index in [1.54, 1.807) is 0 Å². The van der Waals surface area contributed by atoms with Gasteiger partial charge in [-0.15, -0.1) is 0 Å². The molecule has 1 heterocycles. The third kappa shape index (κ3) is 3.28. The van der Waals surface area contributed by atoms with Crippen LogP contribution in [0.15, 0.2) is 30.3 Å². The van der Waals surface area contributed by atoms with Crippen LogP contribution < -0.4 is 0 Å². The normalized spacial score (nSPS) is 19.9. The van der Waals surface area contributed by atoms with E-state index in [4.69, 9.17) is 9.16 Å². The summed E-state index contributed by atoms with van der Waals surface area (Å²) >= 11 is 0. The van der Waals surface area contributed by atoms with Gasteiger partial charge in [0.05, 0.1) is 19.1 Å². The van der Waals surface area contributed by atoms with E-state index in [2.05, 4.69) is 20.8 Å². The fourth-order valence-electron chi connectivity index (χ4n) is 3.20. The zero-order chi connectivity index (χ0) is 16.4. The van der Waals surface area contributed by atoms with E-state index < -0.39 is 8.32 Å². The van der Waals surface area contributed by atoms with Crippen LogP contribution in [0.4, 0.5) is 0 Å². The van der Waals surface area contributed by atoms with Gasteiger partial charge in [-0.25, -0.2) is 0 Å². The van der Waals surface area contributed by atoms with E-state index >= 15 is 0 Å². The summed E-state index contributed by atoms with van der Waals surface area (Å²) in [4.78, 5) is 12.1. The Labute approximate surface area is 135 Å². The Morgan fingerprint density at radius 3 is 2.18 bits per heavy atom. The van der Waals surface area contributed by atoms with Gasteiger partial charge in [0.25, 0.3) is 0 Å². The second-order valence-electron chi connectivity index (χ2n) is 7.36. The molecule has 2 rings (SSSR count). The predicted molar refractivity (Wildman–Crippen MR) is 91.1 cm³/mol. The molecule has 122 valence electrons. The van der Waals surface area contributed by atoms with Crippen molar-refractivity contribution in [1.29, 1.82) is 0 Å². The molecule has 22 heavy (non-hydrogen) atoms. The van der Waals surface area contributed by atoms with Gasteiger partial charge in [-0.05, 0) is 29.6 Å². The standard InChI is InChI=1S/C18H28O3Si/c1-14(17(19)20-5)16(15-10-7-6-8-11-15)21-22(12-9-13-22)18(2,3)4/h6-8,10-11,14,16H,9,12-13H2,1-5H3. The lowest BCUT2D eigenvalue weighted by atomic mass is 9.98. The van der Waals surface area contributed by atoms with Gasteiger partial charge in [-0.2, -0.15) is 0 Å². The van der Waals surface area contributed by atoms with Crippen molar-refractivity contribution in [2.24, 2.45) is 5.92 Å². The Morgan fingerprint density at radius 1 is 1.18 bits per heavy atom. The fourth-order valence-corrected chi connectivity index (χ4v) is 7.11. The number of hydrogen-bond acceptors (Lipinski definition) is 3. The van der Waals surface area contributed by atoms with Crippen LogP contribution in [0.1, 0.15) is 45.8 Å². The van der Waals surface area contributed by atoms with Gasteiger partial charge in [0, 0.05) is 0 Å². The highest BCUT2D eigenvalue weighted by atomic mass is 28.4. The zero-order valence-corrected chi connectivity index (χ0v) is 15.4. The molecule has 0 spiro atoms. The van der Waals surface area contributed by atoms with Crippen molar-refractivity contribution >= 4 is 14.3 Å². The van der Waals surface area contributed by atoms with Crippen LogP contribution in [0.2, 0.25) is 17.1 Å². The van der Waals surface area contributed by atoms with Crippen molar-refractivity contribution in [3.63, 3.8) is 0 Å². The van der Waals surface area contributed by atoms with Gasteiger partial charge in [0.2, 0.25) is 0 Å². The zero-order valence-electron chi connectivity index (χ0n) is 14.4. The molecule has 1 aliphatic rings. The van der Waals surface area contributed by atoms with Crippen LogP contribution in [0.3, 0.4) is 0 Å². The topological polar surface area (TPSA) is 35.5 Å². The van der Waals surface area contributed by atoms with Crippen molar-refractivity contribution in [1.82, 2.24) is 0 Å². The first-order valence-corrected chi connectivity index (χ1v) is 10.4. The first-order chi connectivity index (χ1) is 10.3. The van der Waals surface area contributed by atoms with Crippen LogP contribution in [0.25, 0.3) is 0 Å². The Morgan fingerprint density at radius 2 is 1.77 bits per heavy atom. The highest BCUT2D eigenvalue weighted by molar-refractivity contribution is 6.79. The second-order valence-corrected chi connectivity index (χ2v) is 12.1. The van der Waals surface area contributed by atoms with Crippen LogP contribution in [-0.4, -0.2) is 21.4 Å². The fraction of sp³-hybridized carbons (Fsp3) is 0.611. The molecule has 2 atom stereocenters. The molecule has 0 N–H and O–H groups in total. The lowest BCUT2D eigenvalue weighted by Gasteiger charge is -2.51. The number of rotatable bonds is 5. The number of methoxy groups -OCH3 is 1. The molecule has 1 fully saturated rings. The molecule has 0 radical (unpaired) electrons. The van der Waals surface area contributed by atoms with Gasteiger partial charge in [0.1, 0.15) is 0 Å². The summed E-state index contributed by atoms with van der Waals surface area (Å²) in [5.41, 5.74) is 1.07. The molecule has 1 aliphatic heterocycles. The molecule has 2 unspecified atom stereocenters. The van der Waals surface area contributed by atoms with Gasteiger partial charge in [0.15, 0.2) is 8.32 Å². The quantitative estimate of drug-likeness (QED) is 0.582. The van der Waals surface area contributed by atoms with Gasteiger partial charge < -0.3 is 9.16 Å².